The van der Waals surface area contributed by atoms with Crippen molar-refractivity contribution < 1.29 is 9.53 Å². The molecule has 3 aliphatic rings. The zero-order valence-electron chi connectivity index (χ0n) is 16.2. The van der Waals surface area contributed by atoms with Crippen molar-refractivity contribution in [1.29, 1.82) is 0 Å². The van der Waals surface area contributed by atoms with E-state index < -0.39 is 0 Å². The highest BCUT2D eigenvalue weighted by atomic mass is 35.5. The first-order valence-corrected chi connectivity index (χ1v) is 10.3. The highest BCUT2D eigenvalue weighted by Gasteiger charge is 2.46. The number of carbonyl (C=O) groups excluding carboxylic acids is 1. The fraction of sp³-hybridized carbons (Fsp3) is 0.950. The van der Waals surface area contributed by atoms with Gasteiger partial charge in [0.25, 0.3) is 0 Å². The number of piperazine rings is 1. The summed E-state index contributed by atoms with van der Waals surface area (Å²) in [7, 11) is 0. The van der Waals surface area contributed by atoms with Gasteiger partial charge in [-0.25, -0.2) is 0 Å². The standard InChI is InChI=1S/C20H36N2O2.ClH/c1-3-20(4-2)16-18(24-19(20)23)10-11-21-12-14-22(15-13-21)17-8-6-5-7-9-17;/h17-18H,3-16H2,1-2H3;1H. The van der Waals surface area contributed by atoms with Crippen LogP contribution in [0, 0.1) is 5.41 Å². The van der Waals surface area contributed by atoms with E-state index >= 15 is 0 Å². The Labute approximate surface area is 160 Å². The van der Waals surface area contributed by atoms with Crippen molar-refractivity contribution >= 4 is 18.4 Å². The summed E-state index contributed by atoms with van der Waals surface area (Å²) in [5.41, 5.74) is -0.190. The van der Waals surface area contributed by atoms with Gasteiger partial charge in [0.2, 0.25) is 0 Å². The van der Waals surface area contributed by atoms with Crippen LogP contribution in [-0.2, 0) is 9.53 Å². The zero-order chi connectivity index (χ0) is 17.0. The Morgan fingerprint density at radius 2 is 1.68 bits per heavy atom. The van der Waals surface area contributed by atoms with Crippen LogP contribution in [0.5, 0.6) is 0 Å². The Bertz CT molecular complexity index is 414. The van der Waals surface area contributed by atoms with E-state index in [9.17, 15) is 4.79 Å². The second kappa shape index (κ2) is 9.57. The number of carbonyl (C=O) groups is 1. The second-order valence-electron chi connectivity index (χ2n) is 8.18. The Hall–Kier alpha value is -0.320. The molecule has 0 aromatic rings. The molecule has 1 atom stereocenters. The molecule has 2 heterocycles. The maximum Gasteiger partial charge on any atom is 0.312 e. The number of cyclic esters (lactones) is 1. The van der Waals surface area contributed by atoms with Crippen molar-refractivity contribution in [3.63, 3.8) is 0 Å². The van der Waals surface area contributed by atoms with E-state index in [-0.39, 0.29) is 29.9 Å². The largest absolute Gasteiger partial charge is 0.462 e. The Morgan fingerprint density at radius 1 is 1.04 bits per heavy atom. The van der Waals surface area contributed by atoms with Gasteiger partial charge in [-0.1, -0.05) is 33.1 Å². The average molecular weight is 373 g/mol. The molecule has 0 bridgehead atoms. The van der Waals surface area contributed by atoms with Gasteiger partial charge >= 0.3 is 5.97 Å². The van der Waals surface area contributed by atoms with E-state index in [1.54, 1.807) is 0 Å². The molecule has 1 saturated carbocycles. The molecule has 3 rings (SSSR count). The zero-order valence-corrected chi connectivity index (χ0v) is 17.0. The molecular formula is C20H37ClN2O2. The highest BCUT2D eigenvalue weighted by molar-refractivity contribution is 5.85. The number of esters is 1. The summed E-state index contributed by atoms with van der Waals surface area (Å²) < 4.78 is 5.69. The number of ether oxygens (including phenoxy) is 1. The van der Waals surface area contributed by atoms with Gasteiger partial charge in [0.1, 0.15) is 6.10 Å². The summed E-state index contributed by atoms with van der Waals surface area (Å²) in [5.74, 6) is 0.0552. The lowest BCUT2D eigenvalue weighted by molar-refractivity contribution is -0.149. The Morgan fingerprint density at radius 3 is 2.24 bits per heavy atom. The molecular weight excluding hydrogens is 336 g/mol. The van der Waals surface area contributed by atoms with Crippen LogP contribution < -0.4 is 0 Å². The third-order valence-electron chi connectivity index (χ3n) is 6.94. The van der Waals surface area contributed by atoms with E-state index in [4.69, 9.17) is 4.74 Å². The topological polar surface area (TPSA) is 32.8 Å². The number of halogens is 1. The fourth-order valence-electron chi connectivity index (χ4n) is 4.95. The number of nitrogens with zero attached hydrogens (tertiary/aromatic N) is 2. The molecule has 0 amide bonds. The molecule has 146 valence electrons. The third-order valence-corrected chi connectivity index (χ3v) is 6.94. The van der Waals surface area contributed by atoms with Crippen LogP contribution in [-0.4, -0.2) is 60.6 Å². The molecule has 0 aromatic heterocycles. The first kappa shape index (κ1) is 21.0. The molecule has 4 nitrogen and oxygen atoms in total. The van der Waals surface area contributed by atoms with E-state index in [0.717, 1.165) is 38.3 Å². The van der Waals surface area contributed by atoms with Gasteiger partial charge in [-0.3, -0.25) is 9.69 Å². The Balaban J connectivity index is 0.00000225. The number of hydrogen-bond acceptors (Lipinski definition) is 4. The summed E-state index contributed by atoms with van der Waals surface area (Å²) in [6, 6.07) is 0.853. The summed E-state index contributed by atoms with van der Waals surface area (Å²) in [6.07, 6.45) is 11.0. The van der Waals surface area contributed by atoms with E-state index in [1.807, 2.05) is 0 Å². The van der Waals surface area contributed by atoms with Crippen LogP contribution in [0.2, 0.25) is 0 Å². The van der Waals surface area contributed by atoms with Crippen molar-refractivity contribution in [2.75, 3.05) is 32.7 Å². The van der Waals surface area contributed by atoms with Gasteiger partial charge in [0, 0.05) is 45.2 Å². The first-order chi connectivity index (χ1) is 11.7. The second-order valence-corrected chi connectivity index (χ2v) is 8.18. The van der Waals surface area contributed by atoms with Gasteiger partial charge in [-0.15, -0.1) is 12.4 Å². The molecule has 5 heteroatoms. The van der Waals surface area contributed by atoms with Gasteiger partial charge in [0.05, 0.1) is 5.41 Å². The quantitative estimate of drug-likeness (QED) is 0.662. The van der Waals surface area contributed by atoms with Crippen molar-refractivity contribution in [3.05, 3.63) is 0 Å². The molecule has 1 aliphatic carbocycles. The molecule has 0 N–H and O–H groups in total. The minimum absolute atomic E-state index is 0. The van der Waals surface area contributed by atoms with Gasteiger partial charge in [-0.2, -0.15) is 0 Å². The lowest BCUT2D eigenvalue weighted by atomic mass is 9.79. The molecule has 2 saturated heterocycles. The van der Waals surface area contributed by atoms with Crippen LogP contribution in [0.25, 0.3) is 0 Å². The van der Waals surface area contributed by atoms with Crippen molar-refractivity contribution in [2.45, 2.75) is 83.8 Å². The minimum atomic E-state index is -0.190. The SMILES string of the molecule is CCC1(CC)CC(CCN2CCN(C3CCCCC3)CC2)OC1=O.Cl. The van der Waals surface area contributed by atoms with Crippen LogP contribution >= 0.6 is 12.4 Å². The number of rotatable bonds is 6. The lowest BCUT2D eigenvalue weighted by Gasteiger charge is -2.41. The summed E-state index contributed by atoms with van der Waals surface area (Å²) >= 11 is 0. The van der Waals surface area contributed by atoms with Gasteiger partial charge in [-0.05, 0) is 32.1 Å². The summed E-state index contributed by atoms with van der Waals surface area (Å²) in [5, 5.41) is 0. The van der Waals surface area contributed by atoms with Crippen LogP contribution in [0.4, 0.5) is 0 Å². The van der Waals surface area contributed by atoms with Crippen LogP contribution in [0.15, 0.2) is 0 Å². The highest BCUT2D eigenvalue weighted by Crippen LogP contribution is 2.41. The minimum Gasteiger partial charge on any atom is -0.462 e. The normalized spacial score (nSPS) is 28.6. The summed E-state index contributed by atoms with van der Waals surface area (Å²) in [4.78, 5) is 17.5. The van der Waals surface area contributed by atoms with Crippen molar-refractivity contribution in [2.24, 2.45) is 5.41 Å². The summed E-state index contributed by atoms with van der Waals surface area (Å²) in [6.45, 7) is 10.1. The molecule has 0 radical (unpaired) electrons. The third kappa shape index (κ3) is 4.90. The van der Waals surface area contributed by atoms with Crippen LogP contribution in [0.3, 0.4) is 0 Å². The van der Waals surface area contributed by atoms with Crippen molar-refractivity contribution in [1.82, 2.24) is 9.80 Å². The predicted octanol–water partition coefficient (Wildman–Crippen LogP) is 3.87. The van der Waals surface area contributed by atoms with Gasteiger partial charge in [0.15, 0.2) is 0 Å². The van der Waals surface area contributed by atoms with E-state index in [0.29, 0.717) is 0 Å². The molecule has 0 aromatic carbocycles. The number of hydrogen-bond donors (Lipinski definition) is 0. The fourth-order valence-corrected chi connectivity index (χ4v) is 4.95. The lowest BCUT2D eigenvalue weighted by Crippen LogP contribution is -2.51. The monoisotopic (exact) mass is 372 g/mol. The first-order valence-electron chi connectivity index (χ1n) is 10.3. The maximum atomic E-state index is 12.2. The predicted molar refractivity (Wildman–Crippen MR) is 104 cm³/mol. The molecule has 1 unspecified atom stereocenters. The smallest absolute Gasteiger partial charge is 0.312 e. The molecule has 0 spiro atoms. The van der Waals surface area contributed by atoms with Crippen molar-refractivity contribution in [3.8, 4) is 0 Å². The van der Waals surface area contributed by atoms with E-state index in [2.05, 4.69) is 23.6 Å². The van der Waals surface area contributed by atoms with E-state index in [1.165, 1.54) is 58.3 Å². The van der Waals surface area contributed by atoms with Crippen LogP contribution in [0.1, 0.15) is 71.6 Å². The molecule has 2 aliphatic heterocycles. The van der Waals surface area contributed by atoms with Gasteiger partial charge < -0.3 is 9.64 Å². The molecule has 25 heavy (non-hydrogen) atoms. The molecule has 3 fully saturated rings. The average Bonchev–Trinajstić information content (AvgIpc) is 2.97. The maximum absolute atomic E-state index is 12.2. The Kier molecular flexibility index (Phi) is 8.03.